The molecule has 4 heteroatoms. The molecule has 1 aliphatic rings. The number of pyridine rings is 1. The largest absolute Gasteiger partial charge is 0.378 e. The van der Waals surface area contributed by atoms with Gasteiger partial charge in [-0.05, 0) is 18.7 Å². The molecule has 0 radical (unpaired) electrons. The van der Waals surface area contributed by atoms with Crippen molar-refractivity contribution in [1.29, 1.82) is 0 Å². The van der Waals surface area contributed by atoms with Crippen molar-refractivity contribution in [1.82, 2.24) is 15.2 Å². The number of aromatic nitrogens is 1. The maximum atomic E-state index is 5.55. The molecule has 1 fully saturated rings. The zero-order chi connectivity index (χ0) is 11.9. The van der Waals surface area contributed by atoms with Crippen molar-refractivity contribution in [2.24, 2.45) is 0 Å². The van der Waals surface area contributed by atoms with Gasteiger partial charge in [-0.15, -0.1) is 0 Å². The molecule has 0 saturated carbocycles. The van der Waals surface area contributed by atoms with Gasteiger partial charge in [-0.1, -0.05) is 13.0 Å². The van der Waals surface area contributed by atoms with Crippen molar-refractivity contribution in [2.75, 3.05) is 32.8 Å². The fourth-order valence-electron chi connectivity index (χ4n) is 2.10. The zero-order valence-electron chi connectivity index (χ0n) is 10.4. The lowest BCUT2D eigenvalue weighted by Gasteiger charge is -2.35. The molecule has 17 heavy (non-hydrogen) atoms. The zero-order valence-corrected chi connectivity index (χ0v) is 10.4. The van der Waals surface area contributed by atoms with Gasteiger partial charge >= 0.3 is 0 Å². The van der Waals surface area contributed by atoms with Crippen LogP contribution in [0.3, 0.4) is 0 Å². The first-order valence-electron chi connectivity index (χ1n) is 6.32. The molecule has 4 nitrogen and oxygen atoms in total. The Morgan fingerprint density at radius 3 is 3.24 bits per heavy atom. The fraction of sp³-hybridized carbons (Fsp3) is 0.615. The number of hydrogen-bond acceptors (Lipinski definition) is 4. The molecule has 2 rings (SSSR count). The third-order valence-electron chi connectivity index (χ3n) is 3.07. The highest BCUT2D eigenvalue weighted by molar-refractivity contribution is 5.03. The molecule has 0 aromatic carbocycles. The maximum Gasteiger partial charge on any atom is 0.0635 e. The van der Waals surface area contributed by atoms with Gasteiger partial charge in [0.15, 0.2) is 0 Å². The first-order valence-corrected chi connectivity index (χ1v) is 6.32. The van der Waals surface area contributed by atoms with Gasteiger partial charge < -0.3 is 10.1 Å². The van der Waals surface area contributed by atoms with Crippen LogP contribution in [0, 0.1) is 0 Å². The van der Waals surface area contributed by atoms with E-state index >= 15 is 0 Å². The normalized spacial score (nSPS) is 21.6. The smallest absolute Gasteiger partial charge is 0.0635 e. The van der Waals surface area contributed by atoms with E-state index in [1.54, 1.807) is 0 Å². The van der Waals surface area contributed by atoms with Crippen molar-refractivity contribution in [3.63, 3.8) is 0 Å². The molecule has 0 aliphatic carbocycles. The van der Waals surface area contributed by atoms with Gasteiger partial charge in [0.05, 0.1) is 18.9 Å². The predicted molar refractivity (Wildman–Crippen MR) is 67.8 cm³/mol. The van der Waals surface area contributed by atoms with Gasteiger partial charge in [0.1, 0.15) is 0 Å². The van der Waals surface area contributed by atoms with E-state index in [0.717, 1.165) is 45.1 Å². The number of morpholine rings is 1. The Kier molecular flexibility index (Phi) is 4.91. The van der Waals surface area contributed by atoms with Crippen LogP contribution in [0.1, 0.15) is 12.6 Å². The number of rotatable bonds is 5. The van der Waals surface area contributed by atoms with Crippen molar-refractivity contribution in [3.05, 3.63) is 30.1 Å². The lowest BCUT2D eigenvalue weighted by Crippen LogP contribution is -2.49. The van der Waals surface area contributed by atoms with Crippen molar-refractivity contribution in [2.45, 2.75) is 19.5 Å². The third-order valence-corrected chi connectivity index (χ3v) is 3.07. The molecule has 1 atom stereocenters. The highest BCUT2D eigenvalue weighted by atomic mass is 16.5. The lowest BCUT2D eigenvalue weighted by atomic mass is 10.2. The summed E-state index contributed by atoms with van der Waals surface area (Å²) in [6.45, 7) is 7.69. The lowest BCUT2D eigenvalue weighted by molar-refractivity contribution is -0.0112. The van der Waals surface area contributed by atoms with Gasteiger partial charge in [-0.3, -0.25) is 9.88 Å². The second-order valence-electron chi connectivity index (χ2n) is 4.33. The minimum Gasteiger partial charge on any atom is -0.378 e. The van der Waals surface area contributed by atoms with Crippen molar-refractivity contribution in [3.8, 4) is 0 Å². The third kappa shape index (κ3) is 3.77. The summed E-state index contributed by atoms with van der Waals surface area (Å²) >= 11 is 0. The average Bonchev–Trinajstić information content (AvgIpc) is 2.39. The number of nitrogens with zero attached hydrogens (tertiary/aromatic N) is 2. The van der Waals surface area contributed by atoms with Crippen LogP contribution in [-0.2, 0) is 11.3 Å². The van der Waals surface area contributed by atoms with E-state index < -0.39 is 0 Å². The molecule has 1 saturated heterocycles. The second-order valence-corrected chi connectivity index (χ2v) is 4.33. The molecule has 0 amide bonds. The van der Waals surface area contributed by atoms with Crippen LogP contribution < -0.4 is 5.32 Å². The molecule has 0 bridgehead atoms. The summed E-state index contributed by atoms with van der Waals surface area (Å²) in [6, 6.07) is 6.55. The van der Waals surface area contributed by atoms with Crippen LogP contribution in [0.4, 0.5) is 0 Å². The number of nitrogens with one attached hydrogen (secondary N) is 1. The second kappa shape index (κ2) is 6.69. The fourth-order valence-corrected chi connectivity index (χ4v) is 2.10. The van der Waals surface area contributed by atoms with Crippen LogP contribution in [0.25, 0.3) is 0 Å². The van der Waals surface area contributed by atoms with E-state index in [1.165, 1.54) is 0 Å². The quantitative estimate of drug-likeness (QED) is 0.822. The molecule has 2 heterocycles. The van der Waals surface area contributed by atoms with Crippen LogP contribution in [0.2, 0.25) is 0 Å². The Labute approximate surface area is 103 Å². The Morgan fingerprint density at radius 2 is 2.47 bits per heavy atom. The summed E-state index contributed by atoms with van der Waals surface area (Å²) in [7, 11) is 0. The standard InChI is InChI=1S/C13H21N3O/c1-2-14-9-13-11-17-8-7-16(13)10-12-5-3-4-6-15-12/h3-6,13-14H,2,7-11H2,1H3. The van der Waals surface area contributed by atoms with Gasteiger partial charge in [0, 0.05) is 31.9 Å². The highest BCUT2D eigenvalue weighted by Gasteiger charge is 2.22. The van der Waals surface area contributed by atoms with E-state index in [1.807, 2.05) is 18.3 Å². The summed E-state index contributed by atoms with van der Waals surface area (Å²) in [5, 5.41) is 3.39. The molecule has 1 aromatic rings. The molecule has 1 unspecified atom stereocenters. The van der Waals surface area contributed by atoms with E-state index in [9.17, 15) is 0 Å². The minimum absolute atomic E-state index is 0.464. The van der Waals surface area contributed by atoms with E-state index in [2.05, 4.69) is 28.2 Å². The number of ether oxygens (including phenoxy) is 1. The topological polar surface area (TPSA) is 37.4 Å². The van der Waals surface area contributed by atoms with Crippen LogP contribution >= 0.6 is 0 Å². The molecule has 1 aromatic heterocycles. The highest BCUT2D eigenvalue weighted by Crippen LogP contribution is 2.10. The Bertz CT molecular complexity index is 318. The Hall–Kier alpha value is -0.970. The summed E-state index contributed by atoms with van der Waals surface area (Å²) in [5.41, 5.74) is 1.14. The van der Waals surface area contributed by atoms with Crippen molar-refractivity contribution >= 4 is 0 Å². The Balaban J connectivity index is 1.92. The maximum absolute atomic E-state index is 5.55. The van der Waals surface area contributed by atoms with Crippen LogP contribution in [0.5, 0.6) is 0 Å². The minimum atomic E-state index is 0.464. The van der Waals surface area contributed by atoms with Gasteiger partial charge in [-0.25, -0.2) is 0 Å². The first kappa shape index (κ1) is 12.5. The molecule has 1 N–H and O–H groups in total. The van der Waals surface area contributed by atoms with Gasteiger partial charge in [0.2, 0.25) is 0 Å². The van der Waals surface area contributed by atoms with E-state index in [-0.39, 0.29) is 0 Å². The summed E-state index contributed by atoms with van der Waals surface area (Å²) in [6.07, 6.45) is 1.86. The number of likely N-dealkylation sites (N-methyl/N-ethyl adjacent to an activating group) is 1. The SMILES string of the molecule is CCNCC1COCCN1Cc1ccccn1. The van der Waals surface area contributed by atoms with Crippen LogP contribution in [0.15, 0.2) is 24.4 Å². The first-order chi connectivity index (χ1) is 8.40. The van der Waals surface area contributed by atoms with E-state index in [0.29, 0.717) is 6.04 Å². The molecule has 0 spiro atoms. The van der Waals surface area contributed by atoms with Gasteiger partial charge in [0.25, 0.3) is 0 Å². The summed E-state index contributed by atoms with van der Waals surface area (Å²) in [5.74, 6) is 0. The van der Waals surface area contributed by atoms with Crippen LogP contribution in [-0.4, -0.2) is 48.8 Å². The average molecular weight is 235 g/mol. The summed E-state index contributed by atoms with van der Waals surface area (Å²) < 4.78 is 5.55. The molecular formula is C13H21N3O. The number of hydrogen-bond donors (Lipinski definition) is 1. The predicted octanol–water partition coefficient (Wildman–Crippen LogP) is 0.892. The molecule has 1 aliphatic heterocycles. The Morgan fingerprint density at radius 1 is 1.53 bits per heavy atom. The molecule has 94 valence electrons. The summed E-state index contributed by atoms with van der Waals surface area (Å²) in [4.78, 5) is 6.84. The van der Waals surface area contributed by atoms with E-state index in [4.69, 9.17) is 4.74 Å². The van der Waals surface area contributed by atoms with Crippen molar-refractivity contribution < 1.29 is 4.74 Å². The monoisotopic (exact) mass is 235 g/mol. The van der Waals surface area contributed by atoms with Gasteiger partial charge in [-0.2, -0.15) is 0 Å². The molecular weight excluding hydrogens is 214 g/mol.